The van der Waals surface area contributed by atoms with Crippen LogP contribution < -0.4 is 5.32 Å². The molecule has 1 aromatic rings. The van der Waals surface area contributed by atoms with Crippen molar-refractivity contribution in [2.75, 3.05) is 13.2 Å². The van der Waals surface area contributed by atoms with Crippen molar-refractivity contribution in [2.45, 2.75) is 43.0 Å². The first kappa shape index (κ1) is 19.8. The van der Waals surface area contributed by atoms with Crippen LogP contribution >= 0.6 is 15.9 Å². The maximum absolute atomic E-state index is 12.0. The second kappa shape index (κ2) is 9.25. The monoisotopic (exact) mass is 433 g/mol. The van der Waals surface area contributed by atoms with E-state index >= 15 is 0 Å². The van der Waals surface area contributed by atoms with Gasteiger partial charge in [0.2, 0.25) is 0 Å². The Morgan fingerprint density at radius 2 is 1.88 bits per heavy atom. The Morgan fingerprint density at radius 1 is 1.24 bits per heavy atom. The van der Waals surface area contributed by atoms with E-state index < -0.39 is 16.1 Å². The smallest absolute Gasteiger partial charge is 0.334 e. The lowest BCUT2D eigenvalue weighted by molar-refractivity contribution is 0.178. The lowest BCUT2D eigenvalue weighted by atomic mass is 9.96. The summed E-state index contributed by atoms with van der Waals surface area (Å²) in [5.41, 5.74) is 0. The number of nitroso groups, excluding NO2 is 1. The number of nitrogens with one attached hydrogen (secondary N) is 1. The summed E-state index contributed by atoms with van der Waals surface area (Å²) < 4.78 is 29.7. The van der Waals surface area contributed by atoms with Crippen LogP contribution in [0.3, 0.4) is 0 Å². The molecule has 8 nitrogen and oxygen atoms in total. The largest absolute Gasteiger partial charge is 0.340 e. The van der Waals surface area contributed by atoms with Crippen molar-refractivity contribution in [3.63, 3.8) is 0 Å². The van der Waals surface area contributed by atoms with Crippen molar-refractivity contribution in [2.24, 2.45) is 5.29 Å². The normalized spacial score (nSPS) is 15.6. The number of hydrogen-bond acceptors (Lipinski definition) is 6. The van der Waals surface area contributed by atoms with E-state index in [9.17, 15) is 18.1 Å². The fourth-order valence-corrected chi connectivity index (χ4v) is 3.74. The average molecular weight is 434 g/mol. The van der Waals surface area contributed by atoms with Gasteiger partial charge in [0.25, 0.3) is 10.1 Å². The highest BCUT2D eigenvalue weighted by Gasteiger charge is 2.22. The molecule has 138 valence electrons. The molecule has 1 saturated carbocycles. The first-order valence-corrected chi connectivity index (χ1v) is 10.2. The van der Waals surface area contributed by atoms with Gasteiger partial charge in [0.15, 0.2) is 0 Å². The van der Waals surface area contributed by atoms with Gasteiger partial charge in [-0.05, 0) is 37.1 Å². The van der Waals surface area contributed by atoms with E-state index in [1.165, 1.54) is 12.1 Å². The minimum Gasteiger partial charge on any atom is -0.334 e. The van der Waals surface area contributed by atoms with E-state index in [1.54, 1.807) is 12.1 Å². The number of carbonyl (C=O) groups is 1. The predicted octanol–water partition coefficient (Wildman–Crippen LogP) is 3.18. The van der Waals surface area contributed by atoms with Gasteiger partial charge in [0.1, 0.15) is 0 Å². The Hall–Kier alpha value is -1.52. The molecule has 0 heterocycles. The van der Waals surface area contributed by atoms with Crippen LogP contribution in [-0.2, 0) is 14.3 Å². The summed E-state index contributed by atoms with van der Waals surface area (Å²) in [6.07, 6.45) is 4.95. The number of carbonyl (C=O) groups excluding carboxylic acids is 1. The highest BCUT2D eigenvalue weighted by Crippen LogP contribution is 2.18. The van der Waals surface area contributed by atoms with Crippen LogP contribution in [0.4, 0.5) is 4.79 Å². The topological polar surface area (TPSA) is 105 Å². The Labute approximate surface area is 155 Å². The number of nitrogens with zero attached hydrogens (tertiary/aromatic N) is 2. The average Bonchev–Trinajstić information content (AvgIpc) is 2.60. The molecule has 0 aromatic heterocycles. The summed E-state index contributed by atoms with van der Waals surface area (Å²) >= 11 is 3.22. The molecule has 0 spiro atoms. The van der Waals surface area contributed by atoms with Crippen molar-refractivity contribution in [1.29, 1.82) is 0 Å². The molecule has 25 heavy (non-hydrogen) atoms. The summed E-state index contributed by atoms with van der Waals surface area (Å²) in [4.78, 5) is 22.9. The Balaban J connectivity index is 1.84. The quantitative estimate of drug-likeness (QED) is 0.403. The lowest BCUT2D eigenvalue weighted by Gasteiger charge is -2.24. The molecule has 2 rings (SSSR count). The molecule has 0 bridgehead atoms. The molecule has 0 unspecified atom stereocenters. The summed E-state index contributed by atoms with van der Waals surface area (Å²) in [6, 6.07) is 5.33. The van der Waals surface area contributed by atoms with E-state index in [-0.39, 0.29) is 24.1 Å². The van der Waals surface area contributed by atoms with E-state index in [2.05, 4.69) is 26.5 Å². The molecule has 1 N–H and O–H groups in total. The predicted molar refractivity (Wildman–Crippen MR) is 95.2 cm³/mol. The van der Waals surface area contributed by atoms with E-state index in [0.717, 1.165) is 36.6 Å². The van der Waals surface area contributed by atoms with Crippen LogP contribution in [0.2, 0.25) is 0 Å². The molecule has 1 aliphatic rings. The second-order valence-corrected chi connectivity index (χ2v) is 8.25. The van der Waals surface area contributed by atoms with Crippen molar-refractivity contribution in [3.05, 3.63) is 33.6 Å². The third-order valence-corrected chi connectivity index (χ3v) is 5.76. The number of benzene rings is 1. The fraction of sp³-hybridized carbons (Fsp3) is 0.533. The first-order chi connectivity index (χ1) is 11.9. The second-order valence-electron chi connectivity index (χ2n) is 5.72. The van der Waals surface area contributed by atoms with Gasteiger partial charge in [0.05, 0.1) is 23.3 Å². The van der Waals surface area contributed by atoms with Crippen LogP contribution in [-0.4, -0.2) is 38.7 Å². The zero-order valence-electron chi connectivity index (χ0n) is 13.6. The number of urea groups is 1. The molecule has 0 saturated heterocycles. The molecule has 1 fully saturated rings. The van der Waals surface area contributed by atoms with Crippen molar-refractivity contribution in [1.82, 2.24) is 10.3 Å². The van der Waals surface area contributed by atoms with Gasteiger partial charge in [-0.2, -0.15) is 13.4 Å². The third kappa shape index (κ3) is 6.05. The van der Waals surface area contributed by atoms with E-state index in [0.29, 0.717) is 5.01 Å². The summed E-state index contributed by atoms with van der Waals surface area (Å²) in [7, 11) is -3.96. The van der Waals surface area contributed by atoms with Gasteiger partial charge in [-0.3, -0.25) is 4.18 Å². The minimum absolute atomic E-state index is 0.00651. The number of rotatable bonds is 7. The van der Waals surface area contributed by atoms with E-state index in [4.69, 9.17) is 4.18 Å². The summed E-state index contributed by atoms with van der Waals surface area (Å²) in [6.45, 7) is -0.611. The van der Waals surface area contributed by atoms with Gasteiger partial charge in [0, 0.05) is 10.5 Å². The molecule has 1 aromatic carbocycles. The molecule has 1 aliphatic carbocycles. The maximum atomic E-state index is 12.0. The van der Waals surface area contributed by atoms with Crippen molar-refractivity contribution >= 4 is 32.1 Å². The molecule has 10 heteroatoms. The molecule has 2 amide bonds. The van der Waals surface area contributed by atoms with Crippen LogP contribution in [0.5, 0.6) is 0 Å². The zero-order valence-corrected chi connectivity index (χ0v) is 16.0. The molecule has 0 atom stereocenters. The van der Waals surface area contributed by atoms with Crippen LogP contribution in [0.15, 0.2) is 38.9 Å². The van der Waals surface area contributed by atoms with Crippen molar-refractivity contribution in [3.8, 4) is 0 Å². The van der Waals surface area contributed by atoms with Gasteiger partial charge >= 0.3 is 6.03 Å². The molecular weight excluding hydrogens is 414 g/mol. The standard InChI is InChI=1S/C15H20BrN3O5S/c16-12-6-8-14(9-7-12)25(22,23)24-11-10-19(18-21)15(20)17-13-4-2-1-3-5-13/h6-9,13H,1-5,10-11H2,(H,17,20). The highest BCUT2D eigenvalue weighted by molar-refractivity contribution is 9.10. The van der Waals surface area contributed by atoms with Gasteiger partial charge in [-0.1, -0.05) is 35.2 Å². The molecule has 0 aliphatic heterocycles. The first-order valence-electron chi connectivity index (χ1n) is 7.98. The van der Waals surface area contributed by atoms with Gasteiger partial charge in [-0.25, -0.2) is 4.79 Å². The lowest BCUT2D eigenvalue weighted by Crippen LogP contribution is -2.44. The van der Waals surface area contributed by atoms with Crippen molar-refractivity contribution < 1.29 is 17.4 Å². The maximum Gasteiger partial charge on any atom is 0.340 e. The van der Waals surface area contributed by atoms with Crippen LogP contribution in [0, 0.1) is 4.91 Å². The third-order valence-electron chi connectivity index (χ3n) is 3.91. The number of amides is 2. The Morgan fingerprint density at radius 3 is 2.48 bits per heavy atom. The highest BCUT2D eigenvalue weighted by atomic mass is 79.9. The summed E-state index contributed by atoms with van der Waals surface area (Å²) in [5.74, 6) is 0. The van der Waals surface area contributed by atoms with Crippen LogP contribution in [0.1, 0.15) is 32.1 Å². The van der Waals surface area contributed by atoms with Gasteiger partial charge in [-0.15, -0.1) is 4.91 Å². The SMILES string of the molecule is O=NN(CCOS(=O)(=O)c1ccc(Br)cc1)C(=O)NC1CCCCC1. The zero-order chi connectivity index (χ0) is 18.3. The Kier molecular flexibility index (Phi) is 7.33. The number of hydrogen-bond donors (Lipinski definition) is 1. The fourth-order valence-electron chi connectivity index (χ4n) is 2.58. The van der Waals surface area contributed by atoms with Crippen LogP contribution in [0.25, 0.3) is 0 Å². The minimum atomic E-state index is -3.96. The molecule has 0 radical (unpaired) electrons. The van der Waals surface area contributed by atoms with E-state index in [1.807, 2.05) is 0 Å². The summed E-state index contributed by atoms with van der Waals surface area (Å²) in [5, 5.41) is 6.03. The number of halogens is 1. The van der Waals surface area contributed by atoms with Gasteiger partial charge < -0.3 is 5.32 Å². The Bertz CT molecular complexity index is 690. The molecular formula is C15H20BrN3O5S.